The van der Waals surface area contributed by atoms with E-state index in [9.17, 15) is 9.59 Å². The first-order valence-electron chi connectivity index (χ1n) is 8.60. The summed E-state index contributed by atoms with van der Waals surface area (Å²) in [5.74, 6) is 5.86. The van der Waals surface area contributed by atoms with E-state index in [1.807, 2.05) is 31.2 Å². The molecule has 0 spiro atoms. The SMILES string of the molecule is COc1ccc([C@@H](C)NC(=O)c2ccccc2CCC(=O)NN)cc1OC. The molecule has 0 heterocycles. The van der Waals surface area contributed by atoms with Crippen LogP contribution in [0.3, 0.4) is 0 Å². The molecule has 144 valence electrons. The fourth-order valence-electron chi connectivity index (χ4n) is 2.76. The standard InChI is InChI=1S/C20H25N3O4/c1-13(15-8-10-17(26-2)18(12-15)27-3)22-20(25)16-7-5-4-6-14(16)9-11-19(24)23-21/h4-8,10,12-13H,9,11,21H2,1-3H3,(H,22,25)(H,23,24)/t13-/m1/s1. The number of methoxy groups -OCH3 is 2. The lowest BCUT2D eigenvalue weighted by molar-refractivity contribution is -0.121. The summed E-state index contributed by atoms with van der Waals surface area (Å²) >= 11 is 0. The highest BCUT2D eigenvalue weighted by Crippen LogP contribution is 2.30. The molecule has 0 unspecified atom stereocenters. The Morgan fingerprint density at radius 3 is 2.44 bits per heavy atom. The first-order chi connectivity index (χ1) is 13.0. The summed E-state index contributed by atoms with van der Waals surface area (Å²) < 4.78 is 10.6. The molecule has 2 aromatic rings. The summed E-state index contributed by atoms with van der Waals surface area (Å²) in [6, 6.07) is 12.5. The van der Waals surface area contributed by atoms with Gasteiger partial charge in [0.05, 0.1) is 20.3 Å². The van der Waals surface area contributed by atoms with Crippen molar-refractivity contribution < 1.29 is 19.1 Å². The lowest BCUT2D eigenvalue weighted by atomic mass is 10.0. The monoisotopic (exact) mass is 371 g/mol. The van der Waals surface area contributed by atoms with E-state index in [1.54, 1.807) is 32.4 Å². The molecule has 0 aliphatic rings. The van der Waals surface area contributed by atoms with Crippen LogP contribution in [0.4, 0.5) is 0 Å². The number of rotatable bonds is 8. The topological polar surface area (TPSA) is 103 Å². The third kappa shape index (κ3) is 5.21. The number of carbonyl (C=O) groups excluding carboxylic acids is 2. The number of carbonyl (C=O) groups is 2. The van der Waals surface area contributed by atoms with Crippen molar-refractivity contribution in [2.45, 2.75) is 25.8 Å². The number of hydrogen-bond donors (Lipinski definition) is 3. The quantitative estimate of drug-likeness (QED) is 0.375. The largest absolute Gasteiger partial charge is 0.493 e. The Hall–Kier alpha value is -3.06. The van der Waals surface area contributed by atoms with Gasteiger partial charge >= 0.3 is 0 Å². The Kier molecular flexibility index (Phi) is 7.19. The molecule has 7 nitrogen and oxygen atoms in total. The number of ether oxygens (including phenoxy) is 2. The van der Waals surface area contributed by atoms with Crippen molar-refractivity contribution in [2.75, 3.05) is 14.2 Å². The van der Waals surface area contributed by atoms with E-state index in [0.717, 1.165) is 11.1 Å². The second kappa shape index (κ2) is 9.59. The molecule has 0 radical (unpaired) electrons. The minimum Gasteiger partial charge on any atom is -0.493 e. The van der Waals surface area contributed by atoms with Crippen LogP contribution in [-0.4, -0.2) is 26.0 Å². The van der Waals surface area contributed by atoms with Gasteiger partial charge in [-0.05, 0) is 42.7 Å². The zero-order valence-corrected chi connectivity index (χ0v) is 15.7. The van der Waals surface area contributed by atoms with Gasteiger partial charge in [0.15, 0.2) is 11.5 Å². The predicted molar refractivity (Wildman–Crippen MR) is 103 cm³/mol. The van der Waals surface area contributed by atoms with Gasteiger partial charge in [0, 0.05) is 12.0 Å². The van der Waals surface area contributed by atoms with Crippen LogP contribution in [0.2, 0.25) is 0 Å². The summed E-state index contributed by atoms with van der Waals surface area (Å²) in [6.07, 6.45) is 0.642. The molecule has 4 N–H and O–H groups in total. The molecular formula is C20H25N3O4. The van der Waals surface area contributed by atoms with E-state index >= 15 is 0 Å². The molecule has 0 saturated heterocycles. The van der Waals surface area contributed by atoms with Gasteiger partial charge in [0.25, 0.3) is 5.91 Å². The number of nitrogens with one attached hydrogen (secondary N) is 2. The van der Waals surface area contributed by atoms with E-state index in [1.165, 1.54) is 0 Å². The number of nitrogens with two attached hydrogens (primary N) is 1. The number of hydrazine groups is 1. The molecule has 0 aromatic heterocycles. The van der Waals surface area contributed by atoms with Crippen LogP contribution in [-0.2, 0) is 11.2 Å². The fraction of sp³-hybridized carbons (Fsp3) is 0.300. The maximum absolute atomic E-state index is 12.7. The van der Waals surface area contributed by atoms with E-state index in [-0.39, 0.29) is 24.3 Å². The number of aryl methyl sites for hydroxylation is 1. The maximum Gasteiger partial charge on any atom is 0.252 e. The van der Waals surface area contributed by atoms with Crippen LogP contribution in [0.25, 0.3) is 0 Å². The normalized spacial score (nSPS) is 11.4. The van der Waals surface area contributed by atoms with Crippen LogP contribution in [0.5, 0.6) is 11.5 Å². The molecule has 2 rings (SSSR count). The second-order valence-corrected chi connectivity index (χ2v) is 6.03. The van der Waals surface area contributed by atoms with Crippen molar-refractivity contribution in [3.8, 4) is 11.5 Å². The third-order valence-corrected chi connectivity index (χ3v) is 4.30. The lowest BCUT2D eigenvalue weighted by Crippen LogP contribution is -2.30. The van der Waals surface area contributed by atoms with Gasteiger partial charge in [-0.1, -0.05) is 24.3 Å². The van der Waals surface area contributed by atoms with Gasteiger partial charge < -0.3 is 14.8 Å². The van der Waals surface area contributed by atoms with Crippen molar-refractivity contribution in [1.82, 2.24) is 10.7 Å². The molecule has 2 aromatic carbocycles. The average molecular weight is 371 g/mol. The lowest BCUT2D eigenvalue weighted by Gasteiger charge is -2.17. The Morgan fingerprint density at radius 1 is 1.07 bits per heavy atom. The fourth-order valence-corrected chi connectivity index (χ4v) is 2.76. The average Bonchev–Trinajstić information content (AvgIpc) is 2.71. The van der Waals surface area contributed by atoms with Gasteiger partial charge in [0.2, 0.25) is 5.91 Å². The minimum atomic E-state index is -0.274. The van der Waals surface area contributed by atoms with Crippen molar-refractivity contribution >= 4 is 11.8 Å². The highest BCUT2D eigenvalue weighted by molar-refractivity contribution is 5.96. The molecule has 0 aliphatic heterocycles. The van der Waals surface area contributed by atoms with Gasteiger partial charge in [-0.3, -0.25) is 15.0 Å². The molecular weight excluding hydrogens is 346 g/mol. The van der Waals surface area contributed by atoms with Gasteiger partial charge in [-0.15, -0.1) is 0 Å². The molecule has 1 atom stereocenters. The summed E-state index contributed by atoms with van der Waals surface area (Å²) in [5.41, 5.74) is 4.31. The number of amides is 2. The Balaban J connectivity index is 2.14. The summed E-state index contributed by atoms with van der Waals surface area (Å²) in [7, 11) is 3.14. The Morgan fingerprint density at radius 2 is 1.78 bits per heavy atom. The number of hydrogen-bond acceptors (Lipinski definition) is 5. The van der Waals surface area contributed by atoms with Gasteiger partial charge in [-0.25, -0.2) is 5.84 Å². The highest BCUT2D eigenvalue weighted by atomic mass is 16.5. The Labute approximate surface area is 158 Å². The highest BCUT2D eigenvalue weighted by Gasteiger charge is 2.16. The predicted octanol–water partition coefficient (Wildman–Crippen LogP) is 2.12. The van der Waals surface area contributed by atoms with E-state index in [2.05, 4.69) is 10.7 Å². The molecule has 2 amide bonds. The Bertz CT molecular complexity index is 808. The van der Waals surface area contributed by atoms with Crippen molar-refractivity contribution in [2.24, 2.45) is 5.84 Å². The molecule has 0 saturated carbocycles. The first-order valence-corrected chi connectivity index (χ1v) is 8.60. The maximum atomic E-state index is 12.7. The number of benzene rings is 2. The van der Waals surface area contributed by atoms with E-state index < -0.39 is 0 Å². The van der Waals surface area contributed by atoms with E-state index in [0.29, 0.717) is 23.5 Å². The van der Waals surface area contributed by atoms with Crippen LogP contribution < -0.4 is 26.1 Å². The van der Waals surface area contributed by atoms with Crippen molar-refractivity contribution in [1.29, 1.82) is 0 Å². The summed E-state index contributed by atoms with van der Waals surface area (Å²) in [4.78, 5) is 24.1. The smallest absolute Gasteiger partial charge is 0.252 e. The minimum absolute atomic E-state index is 0.207. The van der Waals surface area contributed by atoms with Gasteiger partial charge in [0.1, 0.15) is 0 Å². The zero-order valence-electron chi connectivity index (χ0n) is 15.7. The summed E-state index contributed by atoms with van der Waals surface area (Å²) in [5, 5.41) is 2.98. The molecule has 0 fully saturated rings. The second-order valence-electron chi connectivity index (χ2n) is 6.03. The van der Waals surface area contributed by atoms with Crippen LogP contribution in [0, 0.1) is 0 Å². The van der Waals surface area contributed by atoms with Crippen LogP contribution in [0.15, 0.2) is 42.5 Å². The molecule has 0 aliphatic carbocycles. The van der Waals surface area contributed by atoms with Crippen LogP contribution in [0.1, 0.15) is 40.9 Å². The van der Waals surface area contributed by atoms with Crippen LogP contribution >= 0.6 is 0 Å². The van der Waals surface area contributed by atoms with E-state index in [4.69, 9.17) is 15.3 Å². The first kappa shape index (κ1) is 20.3. The third-order valence-electron chi connectivity index (χ3n) is 4.30. The van der Waals surface area contributed by atoms with Crippen molar-refractivity contribution in [3.63, 3.8) is 0 Å². The molecule has 0 bridgehead atoms. The van der Waals surface area contributed by atoms with Crippen molar-refractivity contribution in [3.05, 3.63) is 59.2 Å². The summed E-state index contributed by atoms with van der Waals surface area (Å²) in [6.45, 7) is 1.89. The van der Waals surface area contributed by atoms with Gasteiger partial charge in [-0.2, -0.15) is 0 Å². The zero-order chi connectivity index (χ0) is 19.8. The molecule has 27 heavy (non-hydrogen) atoms. The molecule has 7 heteroatoms.